The normalized spacial score (nSPS) is 11.5. The largest absolute Gasteiger partial charge is 0.395 e. The van der Waals surface area contributed by atoms with Gasteiger partial charge in [-0.05, 0) is 42.5 Å². The summed E-state index contributed by atoms with van der Waals surface area (Å²) in [7, 11) is -2.28. The lowest BCUT2D eigenvalue weighted by Crippen LogP contribution is -2.36. The first kappa shape index (κ1) is 25.5. The molecule has 0 fully saturated rings. The quantitative estimate of drug-likeness (QED) is 0.253. The molecule has 4 aromatic rings. The molecule has 2 heterocycles. The molecule has 36 heavy (non-hydrogen) atoms. The van der Waals surface area contributed by atoms with E-state index in [9.17, 15) is 13.5 Å². The van der Waals surface area contributed by atoms with E-state index in [-0.39, 0.29) is 31.2 Å². The van der Waals surface area contributed by atoms with Crippen LogP contribution in [0, 0.1) is 12.3 Å². The van der Waals surface area contributed by atoms with Crippen molar-refractivity contribution >= 4 is 54.0 Å². The van der Waals surface area contributed by atoms with Crippen molar-refractivity contribution in [2.45, 2.75) is 4.90 Å². The summed E-state index contributed by atoms with van der Waals surface area (Å²) in [6.07, 6.45) is 6.92. The smallest absolute Gasteiger partial charge is 0.243 e. The third-order valence-corrected chi connectivity index (χ3v) is 8.00. The Morgan fingerprint density at radius 1 is 1.11 bits per heavy atom. The number of anilines is 4. The second kappa shape index (κ2) is 11.4. The molecule has 10 nitrogen and oxygen atoms in total. The van der Waals surface area contributed by atoms with Gasteiger partial charge in [-0.1, -0.05) is 23.3 Å². The zero-order valence-corrected chi connectivity index (χ0v) is 21.0. The van der Waals surface area contributed by atoms with Crippen LogP contribution in [0.1, 0.15) is 5.56 Å². The highest BCUT2D eigenvalue weighted by molar-refractivity contribution is 7.89. The number of sulfonamides is 1. The predicted octanol–water partition coefficient (Wildman–Crippen LogP) is 3.18. The van der Waals surface area contributed by atoms with E-state index in [2.05, 4.69) is 31.5 Å². The predicted molar refractivity (Wildman–Crippen MR) is 140 cm³/mol. The summed E-state index contributed by atoms with van der Waals surface area (Å²) in [5, 5.41) is 16.3. The molecule has 0 aliphatic carbocycles. The average Bonchev–Trinajstić information content (AvgIpc) is 3.30. The molecule has 0 spiro atoms. The van der Waals surface area contributed by atoms with E-state index in [0.29, 0.717) is 22.3 Å². The van der Waals surface area contributed by atoms with Gasteiger partial charge in [0.05, 0.1) is 18.1 Å². The van der Waals surface area contributed by atoms with E-state index in [0.717, 1.165) is 16.0 Å². The monoisotopic (exact) mass is 524 g/mol. The van der Waals surface area contributed by atoms with E-state index in [1.54, 1.807) is 12.1 Å². The Morgan fingerprint density at radius 3 is 2.64 bits per heavy atom. The van der Waals surface area contributed by atoms with Crippen LogP contribution in [0.3, 0.4) is 0 Å². The Labute approximate surface area is 213 Å². The maximum Gasteiger partial charge on any atom is 0.243 e. The standard InChI is InChI=1S/C24H24N6O4S2/c1-3-17-5-4-6-19(15-17)27-22-21-23(26-16-25-22)29-24(35-21)28-18-7-9-20(10-8-18)36(32,33)30(11-13-31)12-14-34-2/h1,4-10,15-16,31H,11-14H2,2H3,(H2,25,26,27,28,29). The fraction of sp³-hybridized carbons (Fsp3) is 0.208. The highest BCUT2D eigenvalue weighted by atomic mass is 32.2. The third kappa shape index (κ3) is 5.78. The van der Waals surface area contributed by atoms with Crippen molar-refractivity contribution in [1.29, 1.82) is 0 Å². The SMILES string of the molecule is C#Cc1cccc(Nc2ncnc3nc(Nc4ccc(S(=O)(=O)N(CCO)CCOC)cc4)sc23)c1. The maximum atomic E-state index is 12.9. The topological polar surface area (TPSA) is 130 Å². The number of nitrogens with zero attached hydrogens (tertiary/aromatic N) is 4. The minimum Gasteiger partial charge on any atom is -0.395 e. The van der Waals surface area contributed by atoms with E-state index < -0.39 is 10.0 Å². The number of hydrogen-bond acceptors (Lipinski definition) is 10. The van der Waals surface area contributed by atoms with E-state index in [1.165, 1.54) is 41.2 Å². The van der Waals surface area contributed by atoms with Crippen LogP contribution in [0.5, 0.6) is 0 Å². The van der Waals surface area contributed by atoms with Gasteiger partial charge in [0.25, 0.3) is 0 Å². The molecule has 4 rings (SSSR count). The molecule has 0 bridgehead atoms. The third-order valence-electron chi connectivity index (χ3n) is 5.12. The number of hydrogen-bond donors (Lipinski definition) is 3. The van der Waals surface area contributed by atoms with Gasteiger partial charge >= 0.3 is 0 Å². The lowest BCUT2D eigenvalue weighted by molar-refractivity contribution is 0.168. The van der Waals surface area contributed by atoms with Gasteiger partial charge in [-0.25, -0.2) is 18.4 Å². The number of aromatic nitrogens is 3. The first-order valence-corrected chi connectivity index (χ1v) is 13.1. The molecule has 0 saturated carbocycles. The van der Waals surface area contributed by atoms with Crippen molar-refractivity contribution in [2.75, 3.05) is 44.0 Å². The molecule has 0 aliphatic heterocycles. The second-order valence-electron chi connectivity index (χ2n) is 7.51. The fourth-order valence-electron chi connectivity index (χ4n) is 3.36. The van der Waals surface area contributed by atoms with Crippen LogP contribution in [0.15, 0.2) is 59.8 Å². The number of terminal acetylenes is 1. The summed E-state index contributed by atoms with van der Waals surface area (Å²) < 4.78 is 32.8. The van der Waals surface area contributed by atoms with Gasteiger partial charge in [0.1, 0.15) is 11.0 Å². The molecule has 12 heteroatoms. The van der Waals surface area contributed by atoms with Crippen LogP contribution < -0.4 is 10.6 Å². The Balaban J connectivity index is 1.53. The van der Waals surface area contributed by atoms with Gasteiger partial charge in [0.15, 0.2) is 16.6 Å². The van der Waals surface area contributed by atoms with Crippen LogP contribution in [-0.4, -0.2) is 66.2 Å². The fourth-order valence-corrected chi connectivity index (χ4v) is 5.66. The highest BCUT2D eigenvalue weighted by Crippen LogP contribution is 2.33. The number of nitrogens with one attached hydrogen (secondary N) is 2. The molecule has 0 amide bonds. The van der Waals surface area contributed by atoms with Crippen LogP contribution >= 0.6 is 11.3 Å². The van der Waals surface area contributed by atoms with Crippen LogP contribution in [0.25, 0.3) is 10.3 Å². The molecule has 0 atom stereocenters. The molecule has 3 N–H and O–H groups in total. The number of methoxy groups -OCH3 is 1. The maximum absolute atomic E-state index is 12.9. The van der Waals surface area contributed by atoms with E-state index >= 15 is 0 Å². The average molecular weight is 525 g/mol. The molecule has 0 unspecified atom stereocenters. The van der Waals surface area contributed by atoms with Gasteiger partial charge < -0.3 is 20.5 Å². The van der Waals surface area contributed by atoms with E-state index in [1.807, 2.05) is 24.3 Å². The number of rotatable bonds is 11. The summed E-state index contributed by atoms with van der Waals surface area (Å²) in [5.74, 6) is 3.20. The first-order valence-electron chi connectivity index (χ1n) is 10.9. The molecule has 0 aliphatic rings. The van der Waals surface area contributed by atoms with Crippen LogP contribution in [-0.2, 0) is 14.8 Å². The summed E-state index contributed by atoms with van der Waals surface area (Å²) in [6, 6.07) is 13.8. The van der Waals surface area contributed by atoms with Crippen molar-refractivity contribution in [2.24, 2.45) is 0 Å². The zero-order valence-electron chi connectivity index (χ0n) is 19.4. The highest BCUT2D eigenvalue weighted by Gasteiger charge is 2.23. The Hall–Kier alpha value is -3.60. The minimum atomic E-state index is -3.77. The number of aliphatic hydroxyl groups is 1. The number of benzene rings is 2. The Kier molecular flexibility index (Phi) is 8.09. The molecule has 2 aromatic carbocycles. The summed E-state index contributed by atoms with van der Waals surface area (Å²) in [4.78, 5) is 13.2. The lowest BCUT2D eigenvalue weighted by Gasteiger charge is -2.21. The molecule has 186 valence electrons. The van der Waals surface area contributed by atoms with Crippen LogP contribution in [0.2, 0.25) is 0 Å². The van der Waals surface area contributed by atoms with Crippen molar-refractivity contribution in [3.8, 4) is 12.3 Å². The number of ether oxygens (including phenoxy) is 1. The Bertz CT molecular complexity index is 1480. The number of thiazole rings is 1. The summed E-state index contributed by atoms with van der Waals surface area (Å²) in [5.41, 5.74) is 2.72. The Morgan fingerprint density at radius 2 is 1.92 bits per heavy atom. The van der Waals surface area contributed by atoms with Gasteiger partial charge in [-0.3, -0.25) is 0 Å². The minimum absolute atomic E-state index is 0.0121. The van der Waals surface area contributed by atoms with Crippen molar-refractivity contribution < 1.29 is 18.3 Å². The van der Waals surface area contributed by atoms with Crippen molar-refractivity contribution in [1.82, 2.24) is 19.3 Å². The van der Waals surface area contributed by atoms with Crippen molar-refractivity contribution in [3.63, 3.8) is 0 Å². The van der Waals surface area contributed by atoms with E-state index in [4.69, 9.17) is 11.2 Å². The zero-order chi connectivity index (χ0) is 25.5. The second-order valence-corrected chi connectivity index (χ2v) is 10.5. The van der Waals surface area contributed by atoms with Gasteiger partial charge in [0, 0.05) is 37.1 Å². The van der Waals surface area contributed by atoms with Gasteiger partial charge in [-0.2, -0.15) is 9.29 Å². The molecule has 2 aromatic heterocycles. The van der Waals surface area contributed by atoms with Gasteiger partial charge in [0.2, 0.25) is 10.0 Å². The first-order chi connectivity index (χ1) is 17.4. The molecule has 0 saturated heterocycles. The molecular formula is C24H24N6O4S2. The van der Waals surface area contributed by atoms with Crippen molar-refractivity contribution in [3.05, 3.63) is 60.4 Å². The lowest BCUT2D eigenvalue weighted by atomic mass is 10.2. The summed E-state index contributed by atoms with van der Waals surface area (Å²) in [6.45, 7) is 0.0815. The molecular weight excluding hydrogens is 500 g/mol. The number of aliphatic hydroxyl groups excluding tert-OH is 1. The number of fused-ring (bicyclic) bond motifs is 1. The van der Waals surface area contributed by atoms with Crippen LogP contribution in [0.4, 0.5) is 22.3 Å². The molecule has 0 radical (unpaired) electrons. The summed E-state index contributed by atoms with van der Waals surface area (Å²) >= 11 is 1.36. The van der Waals surface area contributed by atoms with Gasteiger partial charge in [-0.15, -0.1) is 6.42 Å².